The lowest BCUT2D eigenvalue weighted by atomic mass is 9.98. The van der Waals surface area contributed by atoms with Crippen LogP contribution < -0.4 is 0 Å². The molecule has 0 aromatic carbocycles. The largest absolute Gasteiger partial charge is 0.286 e. The second-order valence-corrected chi connectivity index (χ2v) is 4.68. The van der Waals surface area contributed by atoms with Gasteiger partial charge in [-0.15, -0.1) is 0 Å². The molecule has 3 nitrogen and oxygen atoms in total. The van der Waals surface area contributed by atoms with E-state index in [9.17, 15) is 8.42 Å². The Balaban J connectivity index is 3.55. The van der Waals surface area contributed by atoms with Gasteiger partial charge in [0.1, 0.15) is 0 Å². The summed E-state index contributed by atoms with van der Waals surface area (Å²) in [5.74, 6) is 0.510. The van der Waals surface area contributed by atoms with Gasteiger partial charge >= 0.3 is 0 Å². The molecule has 0 unspecified atom stereocenters. The highest BCUT2D eigenvalue weighted by molar-refractivity contribution is 7.85. The molecular formula is C8H18O3S. The number of rotatable bonds is 6. The molecule has 0 saturated carbocycles. The molecule has 0 aliphatic carbocycles. The zero-order chi connectivity index (χ0) is 9.61. The summed E-state index contributed by atoms with van der Waals surface area (Å²) in [4.78, 5) is 0. The minimum atomic E-state index is -3.74. The van der Waals surface area contributed by atoms with Crippen LogP contribution in [0.3, 0.4) is 0 Å². The smallest absolute Gasteiger partial charge is 0.264 e. The summed E-state index contributed by atoms with van der Waals surface area (Å²) in [6.07, 6.45) is 3.64. The van der Waals surface area contributed by atoms with E-state index in [0.29, 0.717) is 12.3 Å². The Hall–Kier alpha value is -0.0900. The molecule has 12 heavy (non-hydrogen) atoms. The fourth-order valence-electron chi connectivity index (χ4n) is 1.25. The highest BCUT2D eigenvalue weighted by Gasteiger charge is 2.07. The first-order valence-electron chi connectivity index (χ1n) is 4.44. The zero-order valence-electron chi connectivity index (χ0n) is 7.78. The molecule has 0 rings (SSSR count). The predicted octanol–water partition coefficient (Wildman–Crippen LogP) is 2.09. The topological polar surface area (TPSA) is 54.4 Å². The molecule has 0 saturated heterocycles. The molecule has 4 heteroatoms. The van der Waals surface area contributed by atoms with Crippen molar-refractivity contribution in [3.63, 3.8) is 0 Å². The Bertz CT molecular complexity index is 192. The average Bonchev–Trinajstić information content (AvgIpc) is 1.96. The first kappa shape index (κ1) is 11.9. The van der Waals surface area contributed by atoms with Crippen molar-refractivity contribution in [1.82, 2.24) is 0 Å². The van der Waals surface area contributed by atoms with Crippen molar-refractivity contribution < 1.29 is 13.0 Å². The van der Waals surface area contributed by atoms with E-state index in [-0.39, 0.29) is 5.75 Å². The minimum Gasteiger partial charge on any atom is -0.286 e. The van der Waals surface area contributed by atoms with Crippen molar-refractivity contribution in [2.75, 3.05) is 5.75 Å². The van der Waals surface area contributed by atoms with Gasteiger partial charge in [-0.3, -0.25) is 4.55 Å². The maximum Gasteiger partial charge on any atom is 0.264 e. The van der Waals surface area contributed by atoms with Gasteiger partial charge in [0.25, 0.3) is 10.1 Å². The fraction of sp³-hybridized carbons (Fsp3) is 1.00. The molecule has 0 bridgehead atoms. The van der Waals surface area contributed by atoms with E-state index < -0.39 is 10.1 Å². The van der Waals surface area contributed by atoms with Gasteiger partial charge in [-0.05, 0) is 18.8 Å². The quantitative estimate of drug-likeness (QED) is 0.659. The Morgan fingerprint density at radius 1 is 1.25 bits per heavy atom. The lowest BCUT2D eigenvalue weighted by Gasteiger charge is -2.10. The number of hydrogen-bond donors (Lipinski definition) is 1. The van der Waals surface area contributed by atoms with Crippen molar-refractivity contribution in [3.05, 3.63) is 0 Å². The lowest BCUT2D eigenvalue weighted by Crippen LogP contribution is -2.06. The van der Waals surface area contributed by atoms with Crippen LogP contribution in [-0.2, 0) is 10.1 Å². The molecule has 74 valence electrons. The van der Waals surface area contributed by atoms with Gasteiger partial charge in [0.15, 0.2) is 0 Å². The standard InChI is InChI=1S/C8H18O3S/c1-3-8(4-2)6-5-7-12(9,10)11/h8H,3-7H2,1-2H3,(H,9,10,11). The highest BCUT2D eigenvalue weighted by Crippen LogP contribution is 2.14. The van der Waals surface area contributed by atoms with Crippen LogP contribution in [0.2, 0.25) is 0 Å². The van der Waals surface area contributed by atoms with Crippen LogP contribution in [0.4, 0.5) is 0 Å². The summed E-state index contributed by atoms with van der Waals surface area (Å²) in [6, 6.07) is 0. The molecule has 0 amide bonds. The maximum atomic E-state index is 10.3. The Labute approximate surface area is 74.9 Å². The molecule has 0 heterocycles. The zero-order valence-corrected chi connectivity index (χ0v) is 8.60. The third-order valence-electron chi connectivity index (χ3n) is 2.17. The van der Waals surface area contributed by atoms with Crippen molar-refractivity contribution >= 4 is 10.1 Å². The normalized spacial score (nSPS) is 12.3. The molecule has 1 N–H and O–H groups in total. The molecule has 0 aromatic rings. The Morgan fingerprint density at radius 2 is 1.75 bits per heavy atom. The first-order chi connectivity index (χ1) is 5.49. The predicted molar refractivity (Wildman–Crippen MR) is 49.7 cm³/mol. The van der Waals surface area contributed by atoms with E-state index >= 15 is 0 Å². The van der Waals surface area contributed by atoms with Gasteiger partial charge in [-0.1, -0.05) is 26.7 Å². The van der Waals surface area contributed by atoms with Gasteiger partial charge in [0, 0.05) is 0 Å². The van der Waals surface area contributed by atoms with Crippen LogP contribution in [0.25, 0.3) is 0 Å². The molecule has 0 radical (unpaired) electrons. The van der Waals surface area contributed by atoms with Crippen LogP contribution >= 0.6 is 0 Å². The first-order valence-corrected chi connectivity index (χ1v) is 6.05. The minimum absolute atomic E-state index is 0.0938. The second kappa shape index (κ2) is 5.54. The van der Waals surface area contributed by atoms with Gasteiger partial charge in [-0.25, -0.2) is 0 Å². The van der Waals surface area contributed by atoms with Crippen LogP contribution in [0.15, 0.2) is 0 Å². The summed E-state index contributed by atoms with van der Waals surface area (Å²) in [5, 5.41) is 0. The van der Waals surface area contributed by atoms with Crippen molar-refractivity contribution in [1.29, 1.82) is 0 Å². The Kier molecular flexibility index (Phi) is 5.50. The molecular weight excluding hydrogens is 176 g/mol. The summed E-state index contributed by atoms with van der Waals surface area (Å²) < 4.78 is 29.1. The van der Waals surface area contributed by atoms with Crippen LogP contribution in [0.5, 0.6) is 0 Å². The van der Waals surface area contributed by atoms with Crippen molar-refractivity contribution in [2.45, 2.75) is 39.5 Å². The lowest BCUT2D eigenvalue weighted by molar-refractivity contribution is 0.439. The molecule has 0 aliphatic rings. The Morgan fingerprint density at radius 3 is 2.08 bits per heavy atom. The molecule has 0 fully saturated rings. The van der Waals surface area contributed by atoms with Gasteiger partial charge in [0.05, 0.1) is 5.75 Å². The molecule has 0 atom stereocenters. The van der Waals surface area contributed by atoms with Crippen LogP contribution in [0.1, 0.15) is 39.5 Å². The molecule has 0 aromatic heterocycles. The van der Waals surface area contributed by atoms with E-state index in [1.54, 1.807) is 0 Å². The maximum absolute atomic E-state index is 10.3. The van der Waals surface area contributed by atoms with E-state index in [1.807, 2.05) is 0 Å². The van der Waals surface area contributed by atoms with E-state index in [0.717, 1.165) is 19.3 Å². The molecule has 0 aliphatic heterocycles. The number of hydrogen-bond acceptors (Lipinski definition) is 2. The summed E-state index contributed by atoms with van der Waals surface area (Å²) in [6.45, 7) is 4.20. The van der Waals surface area contributed by atoms with Gasteiger partial charge < -0.3 is 0 Å². The monoisotopic (exact) mass is 194 g/mol. The average molecular weight is 194 g/mol. The summed E-state index contributed by atoms with van der Waals surface area (Å²) >= 11 is 0. The van der Waals surface area contributed by atoms with E-state index in [4.69, 9.17) is 4.55 Å². The van der Waals surface area contributed by atoms with E-state index in [1.165, 1.54) is 0 Å². The van der Waals surface area contributed by atoms with Crippen LogP contribution in [-0.4, -0.2) is 18.7 Å². The van der Waals surface area contributed by atoms with Crippen molar-refractivity contribution in [3.8, 4) is 0 Å². The summed E-state index contributed by atoms with van der Waals surface area (Å²) in [7, 11) is -3.74. The fourth-order valence-corrected chi connectivity index (χ4v) is 1.78. The van der Waals surface area contributed by atoms with Crippen molar-refractivity contribution in [2.24, 2.45) is 5.92 Å². The molecule has 0 spiro atoms. The third-order valence-corrected chi connectivity index (χ3v) is 2.97. The van der Waals surface area contributed by atoms with Gasteiger partial charge in [0.2, 0.25) is 0 Å². The SMILES string of the molecule is CCC(CC)CCCS(=O)(=O)O. The second-order valence-electron chi connectivity index (χ2n) is 3.11. The van der Waals surface area contributed by atoms with Crippen LogP contribution in [0, 0.1) is 5.92 Å². The third kappa shape index (κ3) is 6.61. The van der Waals surface area contributed by atoms with E-state index in [2.05, 4.69) is 13.8 Å². The summed E-state index contributed by atoms with van der Waals surface area (Å²) in [5.41, 5.74) is 0. The highest BCUT2D eigenvalue weighted by atomic mass is 32.2. The van der Waals surface area contributed by atoms with Gasteiger partial charge in [-0.2, -0.15) is 8.42 Å².